The van der Waals surface area contributed by atoms with Crippen molar-refractivity contribution in [3.63, 3.8) is 0 Å². The second-order valence-electron chi connectivity index (χ2n) is 3.64. The van der Waals surface area contributed by atoms with Gasteiger partial charge in [0.15, 0.2) is 0 Å². The van der Waals surface area contributed by atoms with Gasteiger partial charge in [-0.25, -0.2) is 4.98 Å². The van der Waals surface area contributed by atoms with Crippen LogP contribution in [0.2, 0.25) is 0 Å². The number of ether oxygens (including phenoxy) is 1. The zero-order chi connectivity index (χ0) is 13.0. The number of methoxy groups -OCH3 is 1. The first-order chi connectivity index (χ1) is 8.72. The van der Waals surface area contributed by atoms with Gasteiger partial charge in [0.1, 0.15) is 0 Å². The fourth-order valence-corrected chi connectivity index (χ4v) is 2.24. The molecule has 0 aliphatic heterocycles. The predicted molar refractivity (Wildman–Crippen MR) is 84.3 cm³/mol. The Hall–Kier alpha value is -0.600. The fourth-order valence-electron chi connectivity index (χ4n) is 1.54. The van der Waals surface area contributed by atoms with Gasteiger partial charge in [0.05, 0.1) is 6.61 Å². The maximum atomic E-state index is 5.01. The number of aromatic nitrogens is 2. The highest BCUT2D eigenvalue weighted by Crippen LogP contribution is 2.23. The number of anilines is 1. The molecular formula is C12H13BrIN3O. The molecule has 2 rings (SSSR count). The summed E-state index contributed by atoms with van der Waals surface area (Å²) >= 11 is 5.83. The van der Waals surface area contributed by atoms with Gasteiger partial charge in [-0.1, -0.05) is 0 Å². The van der Waals surface area contributed by atoms with Crippen LogP contribution in [0.1, 0.15) is 0 Å². The average Bonchev–Trinajstić information content (AvgIpc) is 2.81. The highest BCUT2D eigenvalue weighted by Gasteiger charge is 2.06. The number of rotatable bonds is 5. The monoisotopic (exact) mass is 421 g/mol. The molecule has 0 saturated carbocycles. The third kappa shape index (κ3) is 3.24. The molecule has 1 N–H and O–H groups in total. The summed E-state index contributed by atoms with van der Waals surface area (Å²) in [6.45, 7) is 1.39. The van der Waals surface area contributed by atoms with Crippen LogP contribution in [0.15, 0.2) is 35.1 Å². The maximum absolute atomic E-state index is 5.01. The third-order valence-electron chi connectivity index (χ3n) is 2.41. The summed E-state index contributed by atoms with van der Waals surface area (Å²) in [6.07, 6.45) is 3.71. The maximum Gasteiger partial charge on any atom is 0.207 e. The summed E-state index contributed by atoms with van der Waals surface area (Å²) in [5.74, 6) is 0.820. The largest absolute Gasteiger partial charge is 0.383 e. The van der Waals surface area contributed by atoms with Gasteiger partial charge in [0.2, 0.25) is 5.95 Å². The molecule has 0 aliphatic rings. The number of imidazole rings is 1. The van der Waals surface area contributed by atoms with Crippen molar-refractivity contribution in [1.82, 2.24) is 9.55 Å². The summed E-state index contributed by atoms with van der Waals surface area (Å²) < 4.78 is 9.29. The molecule has 6 heteroatoms. The van der Waals surface area contributed by atoms with Gasteiger partial charge in [-0.05, 0) is 56.7 Å². The van der Waals surface area contributed by atoms with Crippen molar-refractivity contribution in [2.24, 2.45) is 0 Å². The minimum Gasteiger partial charge on any atom is -0.383 e. The Bertz CT molecular complexity index is 530. The highest BCUT2D eigenvalue weighted by atomic mass is 127. The van der Waals surface area contributed by atoms with Gasteiger partial charge >= 0.3 is 0 Å². The minimum atomic E-state index is 0.656. The molecule has 18 heavy (non-hydrogen) atoms. The molecule has 2 aromatic rings. The second-order valence-corrected chi connectivity index (χ2v) is 5.66. The van der Waals surface area contributed by atoms with Gasteiger partial charge in [-0.15, -0.1) is 0 Å². The molecule has 0 fully saturated rings. The molecule has 0 saturated heterocycles. The topological polar surface area (TPSA) is 39.1 Å². The zero-order valence-corrected chi connectivity index (χ0v) is 13.6. The van der Waals surface area contributed by atoms with E-state index in [2.05, 4.69) is 67.0 Å². The van der Waals surface area contributed by atoms with Crippen LogP contribution in [0.3, 0.4) is 0 Å². The van der Waals surface area contributed by atoms with Gasteiger partial charge in [0, 0.05) is 39.8 Å². The molecule has 96 valence electrons. The fraction of sp³-hybridized carbons (Fsp3) is 0.250. The third-order valence-corrected chi connectivity index (χ3v) is 4.75. The van der Waals surface area contributed by atoms with Crippen molar-refractivity contribution in [1.29, 1.82) is 0 Å². The van der Waals surface area contributed by atoms with Crippen LogP contribution in [-0.4, -0.2) is 29.8 Å². The Morgan fingerprint density at radius 2 is 2.33 bits per heavy atom. The summed E-state index contributed by atoms with van der Waals surface area (Å²) in [5, 5.41) is 3.24. The van der Waals surface area contributed by atoms with Crippen molar-refractivity contribution < 1.29 is 4.74 Å². The minimum absolute atomic E-state index is 0.656. The van der Waals surface area contributed by atoms with E-state index < -0.39 is 0 Å². The van der Waals surface area contributed by atoms with E-state index in [9.17, 15) is 0 Å². The van der Waals surface area contributed by atoms with E-state index in [1.54, 1.807) is 13.3 Å². The number of nitrogens with one attached hydrogen (secondary N) is 1. The Morgan fingerprint density at radius 3 is 3.06 bits per heavy atom. The molecule has 1 heterocycles. The van der Waals surface area contributed by atoms with Crippen molar-refractivity contribution in [2.75, 3.05) is 25.6 Å². The first-order valence-corrected chi connectivity index (χ1v) is 7.31. The molecule has 0 spiro atoms. The number of nitrogens with zero attached hydrogens (tertiary/aromatic N) is 2. The van der Waals surface area contributed by atoms with E-state index in [1.807, 2.05) is 10.8 Å². The molecule has 1 aromatic carbocycles. The lowest BCUT2D eigenvalue weighted by Crippen LogP contribution is -2.11. The van der Waals surface area contributed by atoms with Crippen molar-refractivity contribution in [3.8, 4) is 5.69 Å². The molecule has 1 aromatic heterocycles. The lowest BCUT2D eigenvalue weighted by molar-refractivity contribution is 0.210. The first-order valence-electron chi connectivity index (χ1n) is 5.44. The number of hydrogen-bond acceptors (Lipinski definition) is 3. The predicted octanol–water partition coefficient (Wildman–Crippen LogP) is 3.30. The van der Waals surface area contributed by atoms with E-state index in [0.717, 1.165) is 22.7 Å². The molecule has 4 nitrogen and oxygen atoms in total. The number of hydrogen-bond donors (Lipinski definition) is 1. The van der Waals surface area contributed by atoms with Crippen molar-refractivity contribution >= 4 is 44.5 Å². The lowest BCUT2D eigenvalue weighted by atomic mass is 10.3. The molecule has 0 radical (unpaired) electrons. The zero-order valence-electron chi connectivity index (χ0n) is 9.86. The van der Waals surface area contributed by atoms with Crippen LogP contribution in [-0.2, 0) is 4.74 Å². The van der Waals surface area contributed by atoms with Gasteiger partial charge in [-0.3, -0.25) is 4.57 Å². The van der Waals surface area contributed by atoms with Crippen molar-refractivity contribution in [3.05, 3.63) is 38.6 Å². The van der Waals surface area contributed by atoms with Crippen LogP contribution in [0.5, 0.6) is 0 Å². The molecular weight excluding hydrogens is 409 g/mol. The summed E-state index contributed by atoms with van der Waals surface area (Å²) in [7, 11) is 1.68. The van der Waals surface area contributed by atoms with Crippen LogP contribution < -0.4 is 5.32 Å². The normalized spacial score (nSPS) is 10.6. The smallest absolute Gasteiger partial charge is 0.207 e. The van der Waals surface area contributed by atoms with E-state index in [4.69, 9.17) is 4.74 Å². The molecule has 0 aliphatic carbocycles. The quantitative estimate of drug-likeness (QED) is 0.594. The van der Waals surface area contributed by atoms with Gasteiger partial charge < -0.3 is 10.1 Å². The van der Waals surface area contributed by atoms with Crippen LogP contribution >= 0.6 is 38.5 Å². The number of halogens is 2. The highest BCUT2D eigenvalue weighted by molar-refractivity contribution is 14.1. The Kier molecular flexibility index (Phi) is 5.02. The first kappa shape index (κ1) is 13.8. The van der Waals surface area contributed by atoms with Gasteiger partial charge in [0.25, 0.3) is 0 Å². The summed E-state index contributed by atoms with van der Waals surface area (Å²) in [4.78, 5) is 4.30. The van der Waals surface area contributed by atoms with E-state index >= 15 is 0 Å². The molecule has 0 atom stereocenters. The van der Waals surface area contributed by atoms with E-state index in [1.165, 1.54) is 3.57 Å². The van der Waals surface area contributed by atoms with Crippen LogP contribution in [0.4, 0.5) is 5.95 Å². The second kappa shape index (κ2) is 6.53. The van der Waals surface area contributed by atoms with Crippen molar-refractivity contribution in [2.45, 2.75) is 0 Å². The molecule has 0 bridgehead atoms. The summed E-state index contributed by atoms with van der Waals surface area (Å²) in [5.41, 5.74) is 1.07. The molecule has 0 amide bonds. The van der Waals surface area contributed by atoms with Crippen LogP contribution in [0, 0.1) is 3.57 Å². The number of benzene rings is 1. The Morgan fingerprint density at radius 1 is 1.50 bits per heavy atom. The molecule has 0 unspecified atom stereocenters. The lowest BCUT2D eigenvalue weighted by Gasteiger charge is -2.10. The summed E-state index contributed by atoms with van der Waals surface area (Å²) in [6, 6.07) is 6.21. The standard InChI is InChI=1S/C12H13BrIN3O/c1-18-7-5-16-12-15-4-6-17(12)9-2-3-11(14)10(13)8-9/h2-4,6,8H,5,7H2,1H3,(H,15,16). The Balaban J connectivity index is 2.22. The average molecular weight is 422 g/mol. The Labute approximate surface area is 128 Å². The van der Waals surface area contributed by atoms with E-state index in [-0.39, 0.29) is 0 Å². The van der Waals surface area contributed by atoms with Crippen LogP contribution in [0.25, 0.3) is 5.69 Å². The van der Waals surface area contributed by atoms with Gasteiger partial charge in [-0.2, -0.15) is 0 Å². The van der Waals surface area contributed by atoms with E-state index in [0.29, 0.717) is 6.61 Å². The SMILES string of the molecule is COCCNc1nccn1-c1ccc(I)c(Br)c1.